The average Bonchev–Trinajstić information content (AvgIpc) is 2.31. The topological polar surface area (TPSA) is 15.3 Å². The summed E-state index contributed by atoms with van der Waals surface area (Å²) in [6.07, 6.45) is 2.51. The molecule has 0 unspecified atom stereocenters. The van der Waals surface area contributed by atoms with Gasteiger partial charge < -0.3 is 10.2 Å². The first-order valence-corrected chi connectivity index (χ1v) is 6.31. The van der Waals surface area contributed by atoms with Crippen LogP contribution in [0.5, 0.6) is 0 Å². The SMILES string of the molecule is CC(C)N1CCC(Nc2ccccc2)CC1. The van der Waals surface area contributed by atoms with Crippen LogP contribution in [0.1, 0.15) is 26.7 Å². The van der Waals surface area contributed by atoms with Crippen molar-refractivity contribution in [2.45, 2.75) is 38.8 Å². The Labute approximate surface area is 98.7 Å². The van der Waals surface area contributed by atoms with Crippen LogP contribution in [0.4, 0.5) is 5.69 Å². The smallest absolute Gasteiger partial charge is 0.0342 e. The van der Waals surface area contributed by atoms with E-state index >= 15 is 0 Å². The van der Waals surface area contributed by atoms with Crippen LogP contribution in [0.25, 0.3) is 0 Å². The molecular formula is C14H22N2. The molecule has 2 nitrogen and oxygen atoms in total. The Bertz CT molecular complexity index is 300. The third kappa shape index (κ3) is 2.99. The number of para-hydroxylation sites is 1. The fourth-order valence-corrected chi connectivity index (χ4v) is 2.33. The lowest BCUT2D eigenvalue weighted by Gasteiger charge is -2.35. The van der Waals surface area contributed by atoms with E-state index in [1.165, 1.54) is 31.6 Å². The zero-order valence-corrected chi connectivity index (χ0v) is 10.3. The minimum absolute atomic E-state index is 0.650. The van der Waals surface area contributed by atoms with Crippen LogP contribution >= 0.6 is 0 Å². The molecular weight excluding hydrogens is 196 g/mol. The van der Waals surface area contributed by atoms with Crippen molar-refractivity contribution in [3.8, 4) is 0 Å². The molecule has 1 saturated heterocycles. The fraction of sp³-hybridized carbons (Fsp3) is 0.571. The van der Waals surface area contributed by atoms with Crippen molar-refractivity contribution in [1.29, 1.82) is 0 Å². The molecule has 1 aliphatic rings. The summed E-state index contributed by atoms with van der Waals surface area (Å²) < 4.78 is 0. The molecule has 2 heteroatoms. The molecule has 1 aromatic carbocycles. The van der Waals surface area contributed by atoms with Crippen LogP contribution in [0.15, 0.2) is 30.3 Å². The normalized spacial score (nSPS) is 18.9. The van der Waals surface area contributed by atoms with Gasteiger partial charge in [0.15, 0.2) is 0 Å². The van der Waals surface area contributed by atoms with Crippen molar-refractivity contribution in [1.82, 2.24) is 4.90 Å². The summed E-state index contributed by atoms with van der Waals surface area (Å²) in [5.41, 5.74) is 1.26. The fourth-order valence-electron chi connectivity index (χ4n) is 2.33. The zero-order chi connectivity index (χ0) is 11.4. The standard InChI is InChI=1S/C14H22N2/c1-12(2)16-10-8-14(9-11-16)15-13-6-4-3-5-7-13/h3-7,12,14-15H,8-11H2,1-2H3. The lowest BCUT2D eigenvalue weighted by molar-refractivity contribution is 0.177. The van der Waals surface area contributed by atoms with E-state index in [-0.39, 0.29) is 0 Å². The number of hydrogen-bond donors (Lipinski definition) is 1. The molecule has 88 valence electrons. The summed E-state index contributed by atoms with van der Waals surface area (Å²) in [7, 11) is 0. The van der Waals surface area contributed by atoms with E-state index < -0.39 is 0 Å². The van der Waals surface area contributed by atoms with Crippen LogP contribution < -0.4 is 5.32 Å². The van der Waals surface area contributed by atoms with Gasteiger partial charge in [-0.05, 0) is 38.8 Å². The minimum Gasteiger partial charge on any atom is -0.382 e. The first-order valence-electron chi connectivity index (χ1n) is 6.31. The summed E-state index contributed by atoms with van der Waals surface area (Å²) in [6, 6.07) is 11.9. The van der Waals surface area contributed by atoms with Gasteiger partial charge >= 0.3 is 0 Å². The molecule has 1 fully saturated rings. The number of benzene rings is 1. The number of rotatable bonds is 3. The van der Waals surface area contributed by atoms with E-state index in [0.717, 1.165) is 0 Å². The molecule has 2 rings (SSSR count). The second kappa shape index (κ2) is 5.35. The molecule has 0 saturated carbocycles. The molecule has 1 N–H and O–H groups in total. The maximum atomic E-state index is 3.61. The Morgan fingerprint density at radius 1 is 1.12 bits per heavy atom. The summed E-state index contributed by atoms with van der Waals surface area (Å²) in [4.78, 5) is 2.56. The number of hydrogen-bond acceptors (Lipinski definition) is 2. The molecule has 0 radical (unpaired) electrons. The summed E-state index contributed by atoms with van der Waals surface area (Å²) in [6.45, 7) is 7.01. The van der Waals surface area contributed by atoms with Crippen LogP contribution in [0.3, 0.4) is 0 Å². The highest BCUT2D eigenvalue weighted by atomic mass is 15.2. The van der Waals surface area contributed by atoms with Crippen LogP contribution in [-0.4, -0.2) is 30.1 Å². The number of nitrogens with one attached hydrogen (secondary N) is 1. The van der Waals surface area contributed by atoms with Crippen molar-refractivity contribution in [3.63, 3.8) is 0 Å². The summed E-state index contributed by atoms with van der Waals surface area (Å²) in [5.74, 6) is 0. The highest BCUT2D eigenvalue weighted by molar-refractivity contribution is 5.43. The van der Waals surface area contributed by atoms with Gasteiger partial charge in [-0.15, -0.1) is 0 Å². The van der Waals surface area contributed by atoms with Crippen LogP contribution in [-0.2, 0) is 0 Å². The molecule has 0 atom stereocenters. The molecule has 0 aromatic heterocycles. The second-order valence-corrected chi connectivity index (χ2v) is 4.91. The molecule has 0 aliphatic carbocycles. The molecule has 0 bridgehead atoms. The van der Waals surface area contributed by atoms with Gasteiger partial charge in [-0.25, -0.2) is 0 Å². The first kappa shape index (κ1) is 11.5. The van der Waals surface area contributed by atoms with E-state index in [1.54, 1.807) is 0 Å². The highest BCUT2D eigenvalue weighted by Gasteiger charge is 2.20. The third-order valence-electron chi connectivity index (χ3n) is 3.40. The number of piperidine rings is 1. The summed E-state index contributed by atoms with van der Waals surface area (Å²) in [5, 5.41) is 3.61. The lowest BCUT2D eigenvalue weighted by atomic mass is 10.0. The predicted molar refractivity (Wildman–Crippen MR) is 69.8 cm³/mol. The molecule has 1 aromatic rings. The number of nitrogens with zero attached hydrogens (tertiary/aromatic N) is 1. The number of anilines is 1. The van der Waals surface area contributed by atoms with E-state index in [2.05, 4.69) is 54.4 Å². The van der Waals surface area contributed by atoms with Gasteiger partial charge in [0, 0.05) is 30.9 Å². The van der Waals surface area contributed by atoms with Crippen molar-refractivity contribution >= 4 is 5.69 Å². The van der Waals surface area contributed by atoms with Gasteiger partial charge in [-0.1, -0.05) is 18.2 Å². The Kier molecular flexibility index (Phi) is 3.83. The van der Waals surface area contributed by atoms with Gasteiger partial charge in [0.05, 0.1) is 0 Å². The van der Waals surface area contributed by atoms with E-state index in [0.29, 0.717) is 12.1 Å². The average molecular weight is 218 g/mol. The Hall–Kier alpha value is -1.02. The van der Waals surface area contributed by atoms with E-state index in [1.807, 2.05) is 0 Å². The molecule has 1 aliphatic heterocycles. The van der Waals surface area contributed by atoms with E-state index in [4.69, 9.17) is 0 Å². The summed E-state index contributed by atoms with van der Waals surface area (Å²) >= 11 is 0. The Balaban J connectivity index is 1.82. The maximum Gasteiger partial charge on any atom is 0.0342 e. The maximum absolute atomic E-state index is 3.61. The largest absolute Gasteiger partial charge is 0.382 e. The molecule has 0 amide bonds. The van der Waals surface area contributed by atoms with Crippen LogP contribution in [0.2, 0.25) is 0 Å². The van der Waals surface area contributed by atoms with Crippen molar-refractivity contribution < 1.29 is 0 Å². The quantitative estimate of drug-likeness (QED) is 0.839. The molecule has 16 heavy (non-hydrogen) atoms. The van der Waals surface area contributed by atoms with Gasteiger partial charge in [0.2, 0.25) is 0 Å². The first-order chi connectivity index (χ1) is 7.75. The molecule has 0 spiro atoms. The van der Waals surface area contributed by atoms with Gasteiger partial charge in [-0.2, -0.15) is 0 Å². The van der Waals surface area contributed by atoms with Gasteiger partial charge in [0.25, 0.3) is 0 Å². The highest BCUT2D eigenvalue weighted by Crippen LogP contribution is 2.17. The van der Waals surface area contributed by atoms with Crippen LogP contribution in [0, 0.1) is 0 Å². The lowest BCUT2D eigenvalue weighted by Crippen LogP contribution is -2.42. The van der Waals surface area contributed by atoms with E-state index in [9.17, 15) is 0 Å². The van der Waals surface area contributed by atoms with Gasteiger partial charge in [-0.3, -0.25) is 0 Å². The van der Waals surface area contributed by atoms with Crippen molar-refractivity contribution in [2.24, 2.45) is 0 Å². The minimum atomic E-state index is 0.650. The Morgan fingerprint density at radius 2 is 1.75 bits per heavy atom. The zero-order valence-electron chi connectivity index (χ0n) is 10.3. The number of likely N-dealkylation sites (tertiary alicyclic amines) is 1. The monoisotopic (exact) mass is 218 g/mol. The Morgan fingerprint density at radius 3 is 2.31 bits per heavy atom. The van der Waals surface area contributed by atoms with Crippen molar-refractivity contribution in [2.75, 3.05) is 18.4 Å². The van der Waals surface area contributed by atoms with Crippen molar-refractivity contribution in [3.05, 3.63) is 30.3 Å². The van der Waals surface area contributed by atoms with Gasteiger partial charge in [0.1, 0.15) is 0 Å². The third-order valence-corrected chi connectivity index (χ3v) is 3.40. The predicted octanol–water partition coefficient (Wildman–Crippen LogP) is 2.97. The molecule has 1 heterocycles. The second-order valence-electron chi connectivity index (χ2n) is 4.91.